The minimum Gasteiger partial charge on any atom is -0.380 e. The van der Waals surface area contributed by atoms with Crippen molar-refractivity contribution in [1.82, 2.24) is 0 Å². The van der Waals surface area contributed by atoms with Crippen LogP contribution in [0.1, 0.15) is 40.5 Å². The predicted octanol–water partition coefficient (Wildman–Crippen LogP) is 3.52. The van der Waals surface area contributed by atoms with Crippen LogP contribution in [0.2, 0.25) is 0 Å². The molecular weight excluding hydrogens is 295 g/mol. The van der Waals surface area contributed by atoms with E-state index in [1.807, 2.05) is 0 Å². The molecule has 98 valence electrons. The molecule has 0 amide bonds. The highest BCUT2D eigenvalue weighted by atomic mass is 79.9. The van der Waals surface area contributed by atoms with E-state index in [-0.39, 0.29) is 12.2 Å². The highest BCUT2D eigenvalue weighted by Crippen LogP contribution is 2.55. The van der Waals surface area contributed by atoms with Gasteiger partial charge in [-0.25, -0.2) is 0 Å². The fourth-order valence-electron chi connectivity index (χ4n) is 1.17. The van der Waals surface area contributed by atoms with Crippen molar-refractivity contribution in [3.63, 3.8) is 0 Å². The van der Waals surface area contributed by atoms with Crippen LogP contribution in [0, 0.1) is 0 Å². The largest absolute Gasteiger partial charge is 0.380 e. The second kappa shape index (κ2) is 7.83. The molecule has 0 saturated carbocycles. The lowest BCUT2D eigenvalue weighted by molar-refractivity contribution is 0.0980. The fraction of sp³-hybridized carbons (Fsp3) is 1.00. The molecule has 0 aliphatic heterocycles. The van der Waals surface area contributed by atoms with Gasteiger partial charge in [-0.05, 0) is 40.5 Å². The number of hydrogen-bond donors (Lipinski definition) is 1. The summed E-state index contributed by atoms with van der Waals surface area (Å²) < 4.78 is 22.9. The summed E-state index contributed by atoms with van der Waals surface area (Å²) in [7, 11) is -3.42. The Hall–Kier alpha value is 0.590. The smallest absolute Gasteiger partial charge is 0.359 e. The third-order valence-electron chi connectivity index (χ3n) is 1.68. The maximum absolute atomic E-state index is 12.3. The molecule has 0 saturated heterocycles. The molecule has 0 radical (unpaired) electrons. The molecule has 0 unspecified atom stereocenters. The van der Waals surface area contributed by atoms with Gasteiger partial charge in [0.2, 0.25) is 0 Å². The van der Waals surface area contributed by atoms with Crippen LogP contribution in [-0.4, -0.2) is 28.5 Å². The summed E-state index contributed by atoms with van der Waals surface area (Å²) in [6.45, 7) is 7.09. The van der Waals surface area contributed by atoms with Gasteiger partial charge < -0.3 is 14.2 Å². The van der Waals surface area contributed by atoms with Crippen LogP contribution in [-0.2, 0) is 13.6 Å². The lowest BCUT2D eigenvalue weighted by atomic mass is 10.4. The molecule has 0 heterocycles. The van der Waals surface area contributed by atoms with Crippen molar-refractivity contribution < 1.29 is 18.7 Å². The van der Waals surface area contributed by atoms with Crippen molar-refractivity contribution in [1.29, 1.82) is 0 Å². The van der Waals surface area contributed by atoms with Crippen LogP contribution < -0.4 is 0 Å². The van der Waals surface area contributed by atoms with Crippen LogP contribution in [0.5, 0.6) is 0 Å². The highest BCUT2D eigenvalue weighted by Gasteiger charge is 2.36. The van der Waals surface area contributed by atoms with E-state index >= 15 is 0 Å². The third kappa shape index (κ3) is 6.36. The second-order valence-corrected chi connectivity index (χ2v) is 7.05. The first-order valence-corrected chi connectivity index (χ1v) is 8.25. The number of alkyl halides is 1. The van der Waals surface area contributed by atoms with E-state index in [4.69, 9.17) is 9.05 Å². The molecule has 1 N–H and O–H groups in total. The SMILES string of the molecule is CC(C)OP(=O)(OC(C)C)[C@H](O)CCCBr. The summed E-state index contributed by atoms with van der Waals surface area (Å²) in [4.78, 5) is 0. The van der Waals surface area contributed by atoms with Crippen molar-refractivity contribution in [2.75, 3.05) is 5.33 Å². The van der Waals surface area contributed by atoms with E-state index in [1.165, 1.54) is 0 Å². The zero-order valence-corrected chi connectivity index (χ0v) is 12.8. The summed E-state index contributed by atoms with van der Waals surface area (Å²) in [6, 6.07) is 0. The van der Waals surface area contributed by atoms with Gasteiger partial charge in [0.25, 0.3) is 0 Å². The fourth-order valence-corrected chi connectivity index (χ4v) is 3.50. The van der Waals surface area contributed by atoms with E-state index in [0.29, 0.717) is 6.42 Å². The Bertz CT molecular complexity index is 219. The molecule has 0 aromatic rings. The molecule has 0 spiro atoms. The Morgan fingerprint density at radius 3 is 1.94 bits per heavy atom. The molecule has 16 heavy (non-hydrogen) atoms. The van der Waals surface area contributed by atoms with Crippen LogP contribution in [0.15, 0.2) is 0 Å². The number of aliphatic hydroxyl groups excluding tert-OH is 1. The standard InChI is InChI=1S/C10H22BrO4P/c1-8(2)14-16(13,15-9(3)4)10(12)6-5-7-11/h8-10,12H,5-7H2,1-4H3/t10-/m0/s1. The van der Waals surface area contributed by atoms with Gasteiger partial charge in [-0.3, -0.25) is 4.57 Å². The number of rotatable bonds is 8. The molecule has 6 heteroatoms. The van der Waals surface area contributed by atoms with Crippen LogP contribution in [0.4, 0.5) is 0 Å². The van der Waals surface area contributed by atoms with E-state index < -0.39 is 13.4 Å². The predicted molar refractivity (Wildman–Crippen MR) is 69.1 cm³/mol. The monoisotopic (exact) mass is 316 g/mol. The zero-order chi connectivity index (χ0) is 12.8. The number of halogens is 1. The summed E-state index contributed by atoms with van der Waals surface area (Å²) in [5, 5.41) is 10.6. The summed E-state index contributed by atoms with van der Waals surface area (Å²) in [5.41, 5.74) is 0. The van der Waals surface area contributed by atoms with E-state index in [9.17, 15) is 9.67 Å². The van der Waals surface area contributed by atoms with Crippen molar-refractivity contribution >= 4 is 23.5 Å². The van der Waals surface area contributed by atoms with Crippen molar-refractivity contribution in [2.45, 2.75) is 58.6 Å². The maximum atomic E-state index is 12.3. The van der Waals surface area contributed by atoms with Gasteiger partial charge >= 0.3 is 7.60 Å². The van der Waals surface area contributed by atoms with Crippen molar-refractivity contribution in [3.8, 4) is 0 Å². The minimum absolute atomic E-state index is 0.233. The summed E-state index contributed by atoms with van der Waals surface area (Å²) >= 11 is 3.26. The number of aliphatic hydroxyl groups is 1. The number of hydrogen-bond acceptors (Lipinski definition) is 4. The van der Waals surface area contributed by atoms with Gasteiger partial charge in [0.15, 0.2) is 5.85 Å². The Labute approximate surface area is 106 Å². The van der Waals surface area contributed by atoms with Crippen molar-refractivity contribution in [3.05, 3.63) is 0 Å². The van der Waals surface area contributed by atoms with E-state index in [2.05, 4.69) is 15.9 Å². The molecule has 0 bridgehead atoms. The van der Waals surface area contributed by atoms with Gasteiger partial charge in [-0.2, -0.15) is 0 Å². The molecule has 0 aromatic heterocycles. The molecule has 0 fully saturated rings. The quantitative estimate of drug-likeness (QED) is 0.550. The van der Waals surface area contributed by atoms with Crippen LogP contribution >= 0.6 is 23.5 Å². The highest BCUT2D eigenvalue weighted by molar-refractivity contribution is 9.09. The van der Waals surface area contributed by atoms with Gasteiger partial charge in [0.1, 0.15) is 0 Å². The molecular formula is C10H22BrO4P. The average Bonchev–Trinajstić information content (AvgIpc) is 2.11. The molecule has 0 aromatic carbocycles. The first kappa shape index (κ1) is 16.6. The van der Waals surface area contributed by atoms with E-state index in [1.54, 1.807) is 27.7 Å². The van der Waals surface area contributed by atoms with Crippen LogP contribution in [0.3, 0.4) is 0 Å². The summed E-state index contributed by atoms with van der Waals surface area (Å²) in [6.07, 6.45) is 0.669. The minimum atomic E-state index is -3.42. The molecule has 0 aliphatic rings. The summed E-state index contributed by atoms with van der Waals surface area (Å²) in [5.74, 6) is -1.05. The lowest BCUT2D eigenvalue weighted by Crippen LogP contribution is -2.18. The van der Waals surface area contributed by atoms with Gasteiger partial charge in [-0.15, -0.1) is 0 Å². The lowest BCUT2D eigenvalue weighted by Gasteiger charge is -2.26. The van der Waals surface area contributed by atoms with Crippen LogP contribution in [0.25, 0.3) is 0 Å². The molecule has 0 rings (SSSR count). The first-order chi connectivity index (χ1) is 7.31. The molecule has 0 aliphatic carbocycles. The van der Waals surface area contributed by atoms with E-state index in [0.717, 1.165) is 11.8 Å². The Balaban J connectivity index is 4.56. The Morgan fingerprint density at radius 2 is 1.62 bits per heavy atom. The van der Waals surface area contributed by atoms with Gasteiger partial charge in [-0.1, -0.05) is 15.9 Å². The topological polar surface area (TPSA) is 55.8 Å². The van der Waals surface area contributed by atoms with Crippen molar-refractivity contribution in [2.24, 2.45) is 0 Å². The molecule has 4 nitrogen and oxygen atoms in total. The Morgan fingerprint density at radius 1 is 1.19 bits per heavy atom. The second-order valence-electron chi connectivity index (χ2n) is 4.16. The zero-order valence-electron chi connectivity index (χ0n) is 10.4. The average molecular weight is 317 g/mol. The van der Waals surface area contributed by atoms with Gasteiger partial charge in [0.05, 0.1) is 12.2 Å². The maximum Gasteiger partial charge on any atom is 0.359 e. The van der Waals surface area contributed by atoms with Gasteiger partial charge in [0, 0.05) is 5.33 Å². The third-order valence-corrected chi connectivity index (χ3v) is 4.66. The Kier molecular flexibility index (Phi) is 8.12. The normalized spacial score (nSPS) is 14.8. The molecule has 1 atom stereocenters. The first-order valence-electron chi connectivity index (χ1n) is 5.52.